The zero-order chi connectivity index (χ0) is 11.1. The van der Waals surface area contributed by atoms with Crippen LogP contribution in [0.2, 0.25) is 0 Å². The van der Waals surface area contributed by atoms with Gasteiger partial charge in [-0.2, -0.15) is 0 Å². The molecule has 0 aliphatic heterocycles. The molecular weight excluding hydrogens is 208 g/mol. The monoisotopic (exact) mass is 220 g/mol. The van der Waals surface area contributed by atoms with Crippen molar-refractivity contribution in [3.8, 4) is 0 Å². The fourth-order valence-corrected chi connectivity index (χ4v) is 1.34. The summed E-state index contributed by atoms with van der Waals surface area (Å²) in [4.78, 5) is 31.9. The second-order valence-electron chi connectivity index (χ2n) is 2.44. The van der Waals surface area contributed by atoms with Gasteiger partial charge in [-0.3, -0.25) is 9.59 Å². The molecule has 0 aliphatic carbocycles. The number of aliphatic carboxylic acids is 1. The Morgan fingerprint density at radius 1 is 1.43 bits per heavy atom. The summed E-state index contributed by atoms with van der Waals surface area (Å²) in [6.45, 7) is 1.22. The van der Waals surface area contributed by atoms with Crippen LogP contribution in [0.5, 0.6) is 0 Å². The molecule has 14 heavy (non-hydrogen) atoms. The topological polar surface area (TPSA) is 95.5 Å². The highest BCUT2D eigenvalue weighted by Crippen LogP contribution is 2.03. The highest BCUT2D eigenvalue weighted by atomic mass is 32.2. The van der Waals surface area contributed by atoms with Crippen LogP contribution < -0.4 is 10.6 Å². The zero-order valence-corrected chi connectivity index (χ0v) is 8.68. The standard InChI is InChI=1S/C7H12N2O4S/c1-4(10)9-5(6(11)12)3-14-7(13)8-2/h5H,3H2,1-2H3,(H,8,13)(H,9,10)(H,11,12)/t5-/m0/s1. The predicted octanol–water partition coefficient (Wildman–Crippen LogP) is -0.352. The van der Waals surface area contributed by atoms with E-state index in [-0.39, 0.29) is 11.0 Å². The lowest BCUT2D eigenvalue weighted by molar-refractivity contribution is -0.140. The summed E-state index contributed by atoms with van der Waals surface area (Å²) in [6, 6.07) is -1.03. The number of hydrogen-bond donors (Lipinski definition) is 3. The maximum Gasteiger partial charge on any atom is 0.327 e. The number of carboxylic acids is 1. The van der Waals surface area contributed by atoms with Gasteiger partial charge in [-0.05, 0) is 0 Å². The van der Waals surface area contributed by atoms with Crippen molar-refractivity contribution in [1.29, 1.82) is 0 Å². The van der Waals surface area contributed by atoms with E-state index < -0.39 is 17.9 Å². The van der Waals surface area contributed by atoms with E-state index in [4.69, 9.17) is 5.11 Å². The molecule has 0 heterocycles. The van der Waals surface area contributed by atoms with Crippen LogP contribution in [0.3, 0.4) is 0 Å². The molecule has 0 unspecified atom stereocenters. The highest BCUT2D eigenvalue weighted by Gasteiger charge is 2.19. The normalized spacial score (nSPS) is 11.6. The molecule has 0 rings (SSSR count). The molecule has 0 bridgehead atoms. The minimum Gasteiger partial charge on any atom is -0.480 e. The van der Waals surface area contributed by atoms with Gasteiger partial charge in [-0.25, -0.2) is 4.79 Å². The predicted molar refractivity (Wildman–Crippen MR) is 52.2 cm³/mol. The molecule has 2 amide bonds. The first-order valence-corrected chi connectivity index (χ1v) is 4.80. The number of rotatable bonds is 4. The third-order valence-electron chi connectivity index (χ3n) is 1.26. The summed E-state index contributed by atoms with van der Waals surface area (Å²) in [5.41, 5.74) is 0. The SMILES string of the molecule is CNC(=O)SC[C@H](NC(C)=O)C(=O)O. The molecule has 80 valence electrons. The van der Waals surface area contributed by atoms with Crippen LogP contribution in [0, 0.1) is 0 Å². The summed E-state index contributed by atoms with van der Waals surface area (Å²) in [6.07, 6.45) is 0. The lowest BCUT2D eigenvalue weighted by Crippen LogP contribution is -2.41. The molecule has 1 atom stereocenters. The number of carbonyl (C=O) groups excluding carboxylic acids is 2. The number of hydrogen-bond acceptors (Lipinski definition) is 4. The largest absolute Gasteiger partial charge is 0.480 e. The Morgan fingerprint density at radius 2 is 2.00 bits per heavy atom. The Balaban J connectivity index is 4.04. The number of amides is 2. The number of carbonyl (C=O) groups is 3. The van der Waals surface area contributed by atoms with Crippen LogP contribution in [0.15, 0.2) is 0 Å². The summed E-state index contributed by atoms with van der Waals surface area (Å²) < 4.78 is 0. The van der Waals surface area contributed by atoms with Gasteiger partial charge in [0, 0.05) is 19.7 Å². The minimum absolute atomic E-state index is 0.00852. The maximum atomic E-state index is 10.8. The molecule has 0 aliphatic rings. The number of carboxylic acid groups (broad SMARTS) is 1. The van der Waals surface area contributed by atoms with Crippen LogP contribution >= 0.6 is 11.8 Å². The van der Waals surface area contributed by atoms with Crippen LogP contribution in [0.4, 0.5) is 4.79 Å². The van der Waals surface area contributed by atoms with Gasteiger partial charge in [0.25, 0.3) is 5.24 Å². The quantitative estimate of drug-likeness (QED) is 0.601. The van der Waals surface area contributed by atoms with Crippen molar-refractivity contribution in [2.75, 3.05) is 12.8 Å². The second kappa shape index (κ2) is 6.25. The average molecular weight is 220 g/mol. The first kappa shape index (κ1) is 12.8. The molecule has 6 nitrogen and oxygen atoms in total. The molecule has 0 spiro atoms. The lowest BCUT2D eigenvalue weighted by Gasteiger charge is -2.11. The van der Waals surface area contributed by atoms with Gasteiger partial charge >= 0.3 is 5.97 Å². The molecule has 0 aromatic rings. The fraction of sp³-hybridized carbons (Fsp3) is 0.571. The zero-order valence-electron chi connectivity index (χ0n) is 7.86. The van der Waals surface area contributed by atoms with E-state index in [0.29, 0.717) is 0 Å². The molecule has 7 heteroatoms. The maximum absolute atomic E-state index is 10.8. The van der Waals surface area contributed by atoms with Crippen molar-refractivity contribution in [2.45, 2.75) is 13.0 Å². The fourth-order valence-electron chi connectivity index (χ4n) is 0.651. The highest BCUT2D eigenvalue weighted by molar-refractivity contribution is 8.13. The Morgan fingerprint density at radius 3 is 2.36 bits per heavy atom. The van der Waals surface area contributed by atoms with Crippen LogP contribution in [0.25, 0.3) is 0 Å². The van der Waals surface area contributed by atoms with Gasteiger partial charge in [-0.1, -0.05) is 11.8 Å². The Bertz CT molecular complexity index is 244. The third-order valence-corrected chi connectivity index (χ3v) is 2.23. The van der Waals surface area contributed by atoms with Crippen LogP contribution in [0.1, 0.15) is 6.92 Å². The molecule has 0 saturated heterocycles. The third kappa shape index (κ3) is 5.41. The molecule has 0 aromatic carbocycles. The summed E-state index contributed by atoms with van der Waals surface area (Å²) in [5, 5.41) is 12.9. The van der Waals surface area contributed by atoms with Gasteiger partial charge in [-0.15, -0.1) is 0 Å². The number of thioether (sulfide) groups is 1. The summed E-state index contributed by atoms with van der Waals surface area (Å²) >= 11 is 0.809. The van der Waals surface area contributed by atoms with E-state index in [9.17, 15) is 14.4 Å². The second-order valence-corrected chi connectivity index (χ2v) is 3.43. The average Bonchev–Trinajstić information content (AvgIpc) is 2.10. The molecule has 0 saturated carbocycles. The van der Waals surface area contributed by atoms with Gasteiger partial charge in [0.05, 0.1) is 0 Å². The molecule has 3 N–H and O–H groups in total. The summed E-state index contributed by atoms with van der Waals surface area (Å²) in [7, 11) is 1.45. The van der Waals surface area contributed by atoms with Crippen molar-refractivity contribution in [2.24, 2.45) is 0 Å². The van der Waals surface area contributed by atoms with E-state index in [2.05, 4.69) is 10.6 Å². The first-order valence-electron chi connectivity index (χ1n) is 3.81. The van der Waals surface area contributed by atoms with E-state index in [1.807, 2.05) is 0 Å². The van der Waals surface area contributed by atoms with Gasteiger partial charge < -0.3 is 15.7 Å². The van der Waals surface area contributed by atoms with Crippen LogP contribution in [-0.2, 0) is 9.59 Å². The molecule has 0 aromatic heterocycles. The summed E-state index contributed by atoms with van der Waals surface area (Å²) in [5.74, 6) is -1.58. The van der Waals surface area contributed by atoms with Gasteiger partial charge in [0.15, 0.2) is 0 Å². The van der Waals surface area contributed by atoms with E-state index in [0.717, 1.165) is 11.8 Å². The van der Waals surface area contributed by atoms with Crippen molar-refractivity contribution in [1.82, 2.24) is 10.6 Å². The van der Waals surface area contributed by atoms with Crippen molar-refractivity contribution in [3.05, 3.63) is 0 Å². The van der Waals surface area contributed by atoms with Gasteiger partial charge in [0.2, 0.25) is 5.91 Å². The Labute approximate surface area is 85.4 Å². The first-order chi connectivity index (χ1) is 6.47. The minimum atomic E-state index is -1.16. The number of nitrogens with one attached hydrogen (secondary N) is 2. The molecule has 0 fully saturated rings. The van der Waals surface area contributed by atoms with E-state index in [1.165, 1.54) is 14.0 Å². The van der Waals surface area contributed by atoms with Crippen LogP contribution in [-0.4, -0.2) is 41.1 Å². The van der Waals surface area contributed by atoms with E-state index in [1.54, 1.807) is 0 Å². The van der Waals surface area contributed by atoms with Crippen molar-refractivity contribution in [3.63, 3.8) is 0 Å². The van der Waals surface area contributed by atoms with Gasteiger partial charge in [0.1, 0.15) is 6.04 Å². The van der Waals surface area contributed by atoms with Crippen molar-refractivity contribution < 1.29 is 19.5 Å². The lowest BCUT2D eigenvalue weighted by atomic mass is 10.3. The Kier molecular flexibility index (Phi) is 5.70. The smallest absolute Gasteiger partial charge is 0.327 e. The molecular formula is C7H12N2O4S. The molecule has 0 radical (unpaired) electrons. The van der Waals surface area contributed by atoms with Crippen molar-refractivity contribution >= 4 is 28.9 Å². The Hall–Kier alpha value is -1.24. The van der Waals surface area contributed by atoms with E-state index >= 15 is 0 Å².